The first-order chi connectivity index (χ1) is 8.13. The Morgan fingerprint density at radius 3 is 2.71 bits per heavy atom. The zero-order chi connectivity index (χ0) is 12.4. The maximum Gasteiger partial charge on any atom is 0.0450 e. The highest BCUT2D eigenvalue weighted by Gasteiger charge is 2.29. The molecule has 1 aliphatic carbocycles. The van der Waals surface area contributed by atoms with Gasteiger partial charge in [-0.15, -0.1) is 0 Å². The van der Waals surface area contributed by atoms with Crippen molar-refractivity contribution in [3.05, 3.63) is 59.4 Å². The Morgan fingerprint density at radius 2 is 2.12 bits per heavy atom. The van der Waals surface area contributed by atoms with Gasteiger partial charge in [-0.05, 0) is 49.3 Å². The van der Waals surface area contributed by atoms with Crippen molar-refractivity contribution < 1.29 is 0 Å². The monoisotopic (exact) mass is 225 g/mol. The van der Waals surface area contributed by atoms with E-state index in [2.05, 4.69) is 44.1 Å². The number of allylic oxidation sites excluding steroid dienone is 8. The normalized spacial score (nSPS) is 21.4. The van der Waals surface area contributed by atoms with Crippen LogP contribution >= 0.6 is 0 Å². The summed E-state index contributed by atoms with van der Waals surface area (Å²) < 4.78 is 0. The fraction of sp³-hybridized carbons (Fsp3) is 0.312. The molecule has 0 atom stereocenters. The third-order valence-corrected chi connectivity index (χ3v) is 3.19. The van der Waals surface area contributed by atoms with Crippen LogP contribution in [0.1, 0.15) is 26.7 Å². The Hall–Kier alpha value is -1.63. The first-order valence-corrected chi connectivity index (χ1v) is 6.09. The van der Waals surface area contributed by atoms with Crippen LogP contribution in [0.25, 0.3) is 0 Å². The van der Waals surface area contributed by atoms with Gasteiger partial charge in [0.25, 0.3) is 0 Å². The molecule has 0 bridgehead atoms. The lowest BCUT2D eigenvalue weighted by atomic mass is 9.92. The second-order valence-electron chi connectivity index (χ2n) is 4.75. The average molecular weight is 225 g/mol. The van der Waals surface area contributed by atoms with E-state index in [0.29, 0.717) is 5.92 Å². The molecule has 1 fully saturated rings. The van der Waals surface area contributed by atoms with Crippen molar-refractivity contribution in [2.75, 3.05) is 0 Å². The minimum Gasteiger partial charge on any atom is -0.260 e. The Bertz CT molecular complexity index is 480. The molecule has 0 saturated heterocycles. The van der Waals surface area contributed by atoms with Crippen LogP contribution in [0, 0.1) is 5.92 Å². The van der Waals surface area contributed by atoms with Crippen LogP contribution in [-0.4, -0.2) is 6.21 Å². The van der Waals surface area contributed by atoms with Gasteiger partial charge in [-0.25, -0.2) is 0 Å². The molecule has 0 aromatic rings. The van der Waals surface area contributed by atoms with Gasteiger partial charge in [0, 0.05) is 17.5 Å². The first kappa shape index (κ1) is 11.8. The van der Waals surface area contributed by atoms with E-state index in [4.69, 9.17) is 0 Å². The Labute approximate surface area is 104 Å². The van der Waals surface area contributed by atoms with Gasteiger partial charge in [0.05, 0.1) is 0 Å². The molecule has 1 saturated carbocycles. The standard InChI is InChI=1S/C16H19N/c1-5-6-15(14-7-8-14)16-12(3)9-11(2)10-17-13(16)4/h5-6,9-10,14H,1-2,7-8H2,3-4H3/b15-6-. The third-order valence-electron chi connectivity index (χ3n) is 3.19. The number of rotatable bonds is 3. The second-order valence-corrected chi connectivity index (χ2v) is 4.75. The summed E-state index contributed by atoms with van der Waals surface area (Å²) in [6, 6.07) is 0. The topological polar surface area (TPSA) is 12.4 Å². The second kappa shape index (κ2) is 4.70. The van der Waals surface area contributed by atoms with Gasteiger partial charge in [-0.1, -0.05) is 31.4 Å². The summed E-state index contributed by atoms with van der Waals surface area (Å²) in [5.41, 5.74) is 5.97. The smallest absolute Gasteiger partial charge is 0.0450 e. The summed E-state index contributed by atoms with van der Waals surface area (Å²) in [5.74, 6) is 0.697. The van der Waals surface area contributed by atoms with Gasteiger partial charge in [-0.3, -0.25) is 4.99 Å². The Morgan fingerprint density at radius 1 is 1.41 bits per heavy atom. The highest BCUT2D eigenvalue weighted by Crippen LogP contribution is 2.43. The average Bonchev–Trinajstić information content (AvgIpc) is 3.08. The van der Waals surface area contributed by atoms with Crippen LogP contribution in [0.15, 0.2) is 64.4 Å². The quantitative estimate of drug-likeness (QED) is 0.632. The Balaban J connectivity index is 2.50. The van der Waals surface area contributed by atoms with E-state index in [1.165, 1.54) is 29.6 Å². The first-order valence-electron chi connectivity index (χ1n) is 6.09. The molecule has 2 aliphatic rings. The summed E-state index contributed by atoms with van der Waals surface area (Å²) >= 11 is 0. The largest absolute Gasteiger partial charge is 0.260 e. The molecule has 0 radical (unpaired) electrons. The summed E-state index contributed by atoms with van der Waals surface area (Å²) in [6.45, 7) is 12.0. The van der Waals surface area contributed by atoms with Gasteiger partial charge >= 0.3 is 0 Å². The fourth-order valence-electron chi connectivity index (χ4n) is 2.30. The molecule has 1 aliphatic heterocycles. The molecule has 1 heterocycles. The molecule has 1 nitrogen and oxygen atoms in total. The van der Waals surface area contributed by atoms with Crippen molar-refractivity contribution in [2.24, 2.45) is 10.9 Å². The number of aliphatic imine (C=N–C) groups is 1. The number of hydrogen-bond acceptors (Lipinski definition) is 1. The summed E-state index contributed by atoms with van der Waals surface area (Å²) in [5, 5.41) is 0. The lowest BCUT2D eigenvalue weighted by molar-refractivity contribution is 1.00. The molecule has 17 heavy (non-hydrogen) atoms. The predicted octanol–water partition coefficient (Wildman–Crippen LogP) is 4.37. The van der Waals surface area contributed by atoms with Crippen molar-refractivity contribution >= 4 is 6.21 Å². The van der Waals surface area contributed by atoms with Gasteiger partial charge < -0.3 is 0 Å². The fourth-order valence-corrected chi connectivity index (χ4v) is 2.30. The van der Waals surface area contributed by atoms with Gasteiger partial charge in [0.1, 0.15) is 0 Å². The highest BCUT2D eigenvalue weighted by molar-refractivity contribution is 5.84. The lowest BCUT2D eigenvalue weighted by Gasteiger charge is -2.13. The van der Waals surface area contributed by atoms with Crippen LogP contribution < -0.4 is 0 Å². The molecule has 0 aromatic heterocycles. The van der Waals surface area contributed by atoms with Crippen molar-refractivity contribution in [3.8, 4) is 0 Å². The van der Waals surface area contributed by atoms with Crippen LogP contribution in [0.4, 0.5) is 0 Å². The zero-order valence-electron chi connectivity index (χ0n) is 10.7. The minimum absolute atomic E-state index is 0.697. The van der Waals surface area contributed by atoms with Gasteiger partial charge in [0.15, 0.2) is 0 Å². The molecule has 2 rings (SSSR count). The van der Waals surface area contributed by atoms with Crippen molar-refractivity contribution in [1.82, 2.24) is 0 Å². The molecule has 88 valence electrons. The summed E-state index contributed by atoms with van der Waals surface area (Å²) in [6.07, 6.45) is 10.5. The maximum absolute atomic E-state index is 4.48. The molecule has 0 aromatic carbocycles. The molecule has 0 N–H and O–H groups in total. The molecule has 0 spiro atoms. The van der Waals surface area contributed by atoms with E-state index in [9.17, 15) is 0 Å². The zero-order valence-corrected chi connectivity index (χ0v) is 10.7. The van der Waals surface area contributed by atoms with E-state index >= 15 is 0 Å². The Kier molecular flexibility index (Phi) is 3.28. The van der Waals surface area contributed by atoms with E-state index in [1.54, 1.807) is 0 Å². The number of hydrogen-bond donors (Lipinski definition) is 0. The highest BCUT2D eigenvalue weighted by atomic mass is 14.7. The van der Waals surface area contributed by atoms with Gasteiger partial charge in [0.2, 0.25) is 0 Å². The summed E-state index contributed by atoms with van der Waals surface area (Å²) in [4.78, 5) is 4.48. The molecule has 0 amide bonds. The molecule has 1 heteroatoms. The SMILES string of the molecule is C=C/C=C(\C1=C(C)N=CC(=C)C=C1C)C1CC1. The van der Waals surface area contributed by atoms with Crippen molar-refractivity contribution in [2.45, 2.75) is 26.7 Å². The van der Waals surface area contributed by atoms with Crippen molar-refractivity contribution in [3.63, 3.8) is 0 Å². The van der Waals surface area contributed by atoms with E-state index in [1.807, 2.05) is 12.3 Å². The third kappa shape index (κ3) is 2.55. The molecular formula is C16H19N. The summed E-state index contributed by atoms with van der Waals surface area (Å²) in [7, 11) is 0. The van der Waals surface area contributed by atoms with Crippen LogP contribution in [0.3, 0.4) is 0 Å². The lowest BCUT2D eigenvalue weighted by Crippen LogP contribution is -1.97. The predicted molar refractivity (Wildman–Crippen MR) is 75.1 cm³/mol. The number of nitrogens with zero attached hydrogens (tertiary/aromatic N) is 1. The van der Waals surface area contributed by atoms with Crippen LogP contribution in [0.5, 0.6) is 0 Å². The van der Waals surface area contributed by atoms with Crippen molar-refractivity contribution in [1.29, 1.82) is 0 Å². The maximum atomic E-state index is 4.48. The van der Waals surface area contributed by atoms with Crippen LogP contribution in [0.2, 0.25) is 0 Å². The van der Waals surface area contributed by atoms with E-state index in [-0.39, 0.29) is 0 Å². The van der Waals surface area contributed by atoms with E-state index < -0.39 is 0 Å². The molecular weight excluding hydrogens is 206 g/mol. The minimum atomic E-state index is 0.697. The van der Waals surface area contributed by atoms with Gasteiger partial charge in [-0.2, -0.15) is 0 Å². The molecule has 0 unspecified atom stereocenters. The van der Waals surface area contributed by atoms with Crippen LogP contribution in [-0.2, 0) is 0 Å². The van der Waals surface area contributed by atoms with E-state index in [0.717, 1.165) is 11.3 Å².